The van der Waals surface area contributed by atoms with E-state index in [0.717, 1.165) is 69.2 Å². The Balaban J connectivity index is 1.00. The molecule has 204 valence electrons. The normalized spacial score (nSPS) is 12.2. The summed E-state index contributed by atoms with van der Waals surface area (Å²) in [5.74, 6) is 0. The van der Waals surface area contributed by atoms with Gasteiger partial charge < -0.3 is 4.74 Å². The van der Waals surface area contributed by atoms with Crippen LogP contribution in [0.1, 0.15) is 0 Å². The minimum atomic E-state index is 0.792. The van der Waals surface area contributed by atoms with Crippen LogP contribution < -0.4 is 4.74 Å². The summed E-state index contributed by atoms with van der Waals surface area (Å²) in [5.41, 5.74) is 10.9. The SMILES string of the molecule is c1cc(-c2ccc3nc4sccn4c3c2)cc(-c2ccc3nc4sc(Oc5cn6c(nc7ccccc76)s5)cn4c3c2)c1. The number of ether oxygens (including phenoxy) is 1. The molecule has 10 heteroatoms. The monoisotopic (exact) mass is 610 g/mol. The smallest absolute Gasteiger partial charge is 0.202 e. The molecule has 0 aliphatic heterocycles. The second-order valence-electron chi connectivity index (χ2n) is 10.4. The van der Waals surface area contributed by atoms with E-state index in [2.05, 4.69) is 91.5 Å². The molecule has 0 aliphatic rings. The number of thiazole rings is 3. The summed E-state index contributed by atoms with van der Waals surface area (Å²) in [6.07, 6.45) is 6.12. The maximum absolute atomic E-state index is 6.30. The van der Waals surface area contributed by atoms with E-state index in [4.69, 9.17) is 19.7 Å². The molecular formula is C33H18N6OS3. The third kappa shape index (κ3) is 3.61. The number of nitrogens with zero attached hydrogens (tertiary/aromatic N) is 6. The van der Waals surface area contributed by atoms with Crippen molar-refractivity contribution >= 4 is 82.0 Å². The molecule has 0 fully saturated rings. The van der Waals surface area contributed by atoms with Gasteiger partial charge in [0.25, 0.3) is 0 Å². The summed E-state index contributed by atoms with van der Waals surface area (Å²) in [6, 6.07) is 29.8. The third-order valence-corrected chi connectivity index (χ3v) is 10.3. The first-order chi connectivity index (χ1) is 21.2. The lowest BCUT2D eigenvalue weighted by Gasteiger charge is -2.07. The molecule has 0 saturated carbocycles. The van der Waals surface area contributed by atoms with Gasteiger partial charge in [-0.1, -0.05) is 65.1 Å². The van der Waals surface area contributed by atoms with Crippen LogP contribution in [0.2, 0.25) is 0 Å². The highest BCUT2D eigenvalue weighted by atomic mass is 32.1. The van der Waals surface area contributed by atoms with E-state index in [1.54, 1.807) is 11.3 Å². The second kappa shape index (κ2) is 8.74. The van der Waals surface area contributed by atoms with Crippen molar-refractivity contribution in [3.05, 3.63) is 109 Å². The fourth-order valence-electron chi connectivity index (χ4n) is 5.81. The molecule has 0 amide bonds. The molecule has 0 unspecified atom stereocenters. The van der Waals surface area contributed by atoms with Crippen LogP contribution in [0.15, 0.2) is 109 Å². The first kappa shape index (κ1) is 23.5. The van der Waals surface area contributed by atoms with Gasteiger partial charge >= 0.3 is 0 Å². The number of rotatable bonds is 4. The number of imidazole rings is 3. The highest BCUT2D eigenvalue weighted by molar-refractivity contribution is 7.20. The first-order valence-corrected chi connectivity index (χ1v) is 16.2. The van der Waals surface area contributed by atoms with Crippen molar-refractivity contribution < 1.29 is 4.74 Å². The average molecular weight is 611 g/mol. The van der Waals surface area contributed by atoms with E-state index >= 15 is 0 Å². The van der Waals surface area contributed by atoms with Gasteiger partial charge in [-0.2, -0.15) is 0 Å². The van der Waals surface area contributed by atoms with Crippen molar-refractivity contribution in [2.24, 2.45) is 0 Å². The van der Waals surface area contributed by atoms with Gasteiger partial charge in [0.2, 0.25) is 10.1 Å². The lowest BCUT2D eigenvalue weighted by molar-refractivity contribution is 0.507. The van der Waals surface area contributed by atoms with E-state index in [1.807, 2.05) is 30.6 Å². The fraction of sp³-hybridized carbons (Fsp3) is 0. The number of hydrogen-bond donors (Lipinski definition) is 0. The molecule has 6 heterocycles. The molecule has 7 nitrogen and oxygen atoms in total. The number of benzene rings is 4. The van der Waals surface area contributed by atoms with Crippen molar-refractivity contribution in [3.8, 4) is 32.4 Å². The quantitative estimate of drug-likeness (QED) is 0.199. The minimum Gasteiger partial charge on any atom is -0.433 e. The topological polar surface area (TPSA) is 61.1 Å². The third-order valence-electron chi connectivity index (χ3n) is 7.84. The molecule has 0 bridgehead atoms. The van der Waals surface area contributed by atoms with Gasteiger partial charge in [0, 0.05) is 11.6 Å². The molecule has 43 heavy (non-hydrogen) atoms. The van der Waals surface area contributed by atoms with Crippen molar-refractivity contribution in [3.63, 3.8) is 0 Å². The number of fused-ring (bicyclic) bond motifs is 9. The summed E-state index contributed by atoms with van der Waals surface area (Å²) in [5, 5.41) is 3.66. The van der Waals surface area contributed by atoms with Crippen LogP contribution in [0.5, 0.6) is 10.1 Å². The summed E-state index contributed by atoms with van der Waals surface area (Å²) < 4.78 is 12.7. The predicted molar refractivity (Wildman–Crippen MR) is 176 cm³/mol. The molecule has 10 rings (SSSR count). The Bertz CT molecular complexity index is 2680. The van der Waals surface area contributed by atoms with Crippen molar-refractivity contribution in [2.75, 3.05) is 0 Å². The maximum Gasteiger partial charge on any atom is 0.202 e. The zero-order valence-corrected chi connectivity index (χ0v) is 24.7. The Kier molecular flexibility index (Phi) is 4.78. The molecular weight excluding hydrogens is 593 g/mol. The van der Waals surface area contributed by atoms with Gasteiger partial charge in [0.05, 0.1) is 45.5 Å². The standard InChI is InChI=1S/C33H18N6OS3/c1-2-7-26-23(6-1)35-32-38(26)17-29(42-32)40-30-18-39-28-16-22(9-11-25(28)36-33(39)43-30)20-5-3-4-19(14-20)21-8-10-24-27(15-21)37-12-13-41-31(37)34-24/h1-18H. The summed E-state index contributed by atoms with van der Waals surface area (Å²) in [4.78, 5) is 17.2. The summed E-state index contributed by atoms with van der Waals surface area (Å²) in [6.45, 7) is 0. The number of aromatic nitrogens is 6. The Morgan fingerprint density at radius 1 is 0.512 bits per heavy atom. The minimum absolute atomic E-state index is 0.792. The lowest BCUT2D eigenvalue weighted by atomic mass is 9.98. The highest BCUT2D eigenvalue weighted by Gasteiger charge is 2.15. The Morgan fingerprint density at radius 2 is 1.09 bits per heavy atom. The van der Waals surface area contributed by atoms with Crippen LogP contribution in [0, 0.1) is 0 Å². The second-order valence-corrected chi connectivity index (χ2v) is 13.2. The largest absolute Gasteiger partial charge is 0.433 e. The van der Waals surface area contributed by atoms with Gasteiger partial charge in [-0.15, -0.1) is 11.3 Å². The maximum atomic E-state index is 6.30. The fourth-order valence-corrected chi connectivity index (χ4v) is 8.32. The van der Waals surface area contributed by atoms with Crippen LogP contribution in [-0.4, -0.2) is 28.2 Å². The molecule has 0 aliphatic carbocycles. The van der Waals surface area contributed by atoms with Gasteiger partial charge in [-0.3, -0.25) is 13.2 Å². The molecule has 0 atom stereocenters. The van der Waals surface area contributed by atoms with Gasteiger partial charge in [-0.25, -0.2) is 15.0 Å². The van der Waals surface area contributed by atoms with E-state index in [9.17, 15) is 0 Å². The highest BCUT2D eigenvalue weighted by Crippen LogP contribution is 2.38. The van der Waals surface area contributed by atoms with Crippen LogP contribution in [0.3, 0.4) is 0 Å². The number of hydrogen-bond acceptors (Lipinski definition) is 7. The summed E-state index contributed by atoms with van der Waals surface area (Å²) >= 11 is 4.73. The van der Waals surface area contributed by atoms with Crippen LogP contribution in [0.4, 0.5) is 0 Å². The van der Waals surface area contributed by atoms with Gasteiger partial charge in [-0.05, 0) is 64.7 Å². The van der Waals surface area contributed by atoms with Crippen molar-refractivity contribution in [1.82, 2.24) is 28.2 Å². The van der Waals surface area contributed by atoms with E-state index in [1.165, 1.54) is 33.8 Å². The van der Waals surface area contributed by atoms with Gasteiger partial charge in [0.15, 0.2) is 14.9 Å². The molecule has 0 N–H and O–H groups in total. The first-order valence-electron chi connectivity index (χ1n) is 13.7. The molecule has 4 aromatic carbocycles. The van der Waals surface area contributed by atoms with E-state index < -0.39 is 0 Å². The van der Waals surface area contributed by atoms with Gasteiger partial charge in [0.1, 0.15) is 0 Å². The molecule has 6 aromatic heterocycles. The molecule has 0 spiro atoms. The lowest BCUT2D eigenvalue weighted by Crippen LogP contribution is -1.84. The van der Waals surface area contributed by atoms with Crippen LogP contribution in [-0.2, 0) is 0 Å². The predicted octanol–water partition coefficient (Wildman–Crippen LogP) is 9.40. The van der Waals surface area contributed by atoms with Crippen LogP contribution in [0.25, 0.3) is 70.2 Å². The zero-order valence-electron chi connectivity index (χ0n) is 22.2. The molecule has 0 saturated heterocycles. The van der Waals surface area contributed by atoms with Crippen molar-refractivity contribution in [2.45, 2.75) is 0 Å². The zero-order chi connectivity index (χ0) is 28.1. The molecule has 0 radical (unpaired) electrons. The Labute approximate surface area is 255 Å². The van der Waals surface area contributed by atoms with E-state index in [0.29, 0.717) is 0 Å². The van der Waals surface area contributed by atoms with Crippen molar-refractivity contribution in [1.29, 1.82) is 0 Å². The van der Waals surface area contributed by atoms with Crippen LogP contribution >= 0.6 is 34.0 Å². The Hall–Kier alpha value is -5.03. The molecule has 10 aromatic rings. The number of para-hydroxylation sites is 2. The van der Waals surface area contributed by atoms with E-state index in [-0.39, 0.29) is 0 Å². The Morgan fingerprint density at radius 3 is 1.81 bits per heavy atom. The average Bonchev–Trinajstić information content (AvgIpc) is 3.86. The summed E-state index contributed by atoms with van der Waals surface area (Å²) in [7, 11) is 0.